The summed E-state index contributed by atoms with van der Waals surface area (Å²) in [6.45, 7) is 2.11. The molecule has 1 N–H and O–H groups in total. The molecule has 2 aromatic rings. The van der Waals surface area contributed by atoms with Crippen LogP contribution < -0.4 is 5.32 Å². The number of anilines is 1. The van der Waals surface area contributed by atoms with E-state index >= 15 is 0 Å². The summed E-state index contributed by atoms with van der Waals surface area (Å²) in [4.78, 5) is 11.9. The van der Waals surface area contributed by atoms with Crippen molar-refractivity contribution in [3.05, 3.63) is 50.6 Å². The van der Waals surface area contributed by atoms with Crippen molar-refractivity contribution in [1.82, 2.24) is 0 Å². The largest absolute Gasteiger partial charge is 0.322 e. The predicted octanol–water partition coefficient (Wildman–Crippen LogP) is 4.33. The first-order valence-corrected chi connectivity index (χ1v) is 7.00. The van der Waals surface area contributed by atoms with Gasteiger partial charge in [-0.3, -0.25) is 4.79 Å². The summed E-state index contributed by atoms with van der Waals surface area (Å²) in [5, 5.41) is 4.70. The second-order valence-electron chi connectivity index (χ2n) is 3.64. The Kier molecular flexibility index (Phi) is 3.97. The second-order valence-corrected chi connectivity index (χ2v) is 5.93. The molecule has 4 heteroatoms. The normalized spacial score (nSPS) is 10.2. The molecule has 88 valence electrons. The molecule has 0 aliphatic carbocycles. The first kappa shape index (κ1) is 12.3. The molecular formula is C13H12BrNOS. The molecule has 0 aliphatic rings. The van der Waals surface area contributed by atoms with Crippen LogP contribution in [0.2, 0.25) is 0 Å². The SMILES string of the molecule is CCc1ccc(NC(=O)c2csc(Br)c2)cc1. The van der Waals surface area contributed by atoms with Crippen LogP contribution in [0.1, 0.15) is 22.8 Å². The van der Waals surface area contributed by atoms with Gasteiger partial charge in [0, 0.05) is 11.1 Å². The monoisotopic (exact) mass is 309 g/mol. The highest BCUT2D eigenvalue weighted by Gasteiger charge is 2.07. The lowest BCUT2D eigenvalue weighted by atomic mass is 10.1. The van der Waals surface area contributed by atoms with Crippen molar-refractivity contribution in [3.8, 4) is 0 Å². The number of amides is 1. The molecule has 0 spiro atoms. The Balaban J connectivity index is 2.07. The van der Waals surface area contributed by atoms with Gasteiger partial charge < -0.3 is 5.32 Å². The van der Waals surface area contributed by atoms with Crippen molar-refractivity contribution >= 4 is 38.9 Å². The zero-order valence-electron chi connectivity index (χ0n) is 9.37. The lowest BCUT2D eigenvalue weighted by Crippen LogP contribution is -2.10. The Hall–Kier alpha value is -1.13. The van der Waals surface area contributed by atoms with Gasteiger partial charge in [-0.25, -0.2) is 0 Å². The van der Waals surface area contributed by atoms with Gasteiger partial charge in [-0.2, -0.15) is 0 Å². The number of aryl methyl sites for hydroxylation is 1. The van der Waals surface area contributed by atoms with Gasteiger partial charge in [0.05, 0.1) is 9.35 Å². The molecule has 0 saturated heterocycles. The maximum Gasteiger partial charge on any atom is 0.256 e. The fourth-order valence-electron chi connectivity index (χ4n) is 1.46. The Labute approximate surface area is 113 Å². The van der Waals surface area contributed by atoms with Gasteiger partial charge in [0.1, 0.15) is 0 Å². The van der Waals surface area contributed by atoms with E-state index in [0.29, 0.717) is 5.56 Å². The summed E-state index contributed by atoms with van der Waals surface area (Å²) in [5.74, 6) is -0.0730. The Bertz CT molecular complexity index is 518. The van der Waals surface area contributed by atoms with Crippen LogP contribution in [0.25, 0.3) is 0 Å². The fraction of sp³-hybridized carbons (Fsp3) is 0.154. The average Bonchev–Trinajstić information content (AvgIpc) is 2.77. The highest BCUT2D eigenvalue weighted by molar-refractivity contribution is 9.11. The van der Waals surface area contributed by atoms with Crippen LogP contribution in [0.5, 0.6) is 0 Å². The number of benzene rings is 1. The van der Waals surface area contributed by atoms with Crippen LogP contribution >= 0.6 is 27.3 Å². The molecule has 0 radical (unpaired) electrons. The topological polar surface area (TPSA) is 29.1 Å². The number of carbonyl (C=O) groups excluding carboxylic acids is 1. The van der Waals surface area contributed by atoms with E-state index in [1.54, 1.807) is 0 Å². The minimum Gasteiger partial charge on any atom is -0.322 e. The molecule has 2 nitrogen and oxygen atoms in total. The summed E-state index contributed by atoms with van der Waals surface area (Å²) in [6.07, 6.45) is 1.01. The first-order chi connectivity index (χ1) is 8.19. The Morgan fingerprint density at radius 3 is 2.59 bits per heavy atom. The van der Waals surface area contributed by atoms with Crippen molar-refractivity contribution in [3.63, 3.8) is 0 Å². The number of rotatable bonds is 3. The van der Waals surface area contributed by atoms with Crippen molar-refractivity contribution in [2.45, 2.75) is 13.3 Å². The van der Waals surface area contributed by atoms with E-state index in [9.17, 15) is 4.79 Å². The van der Waals surface area contributed by atoms with E-state index in [1.807, 2.05) is 35.7 Å². The van der Waals surface area contributed by atoms with E-state index in [1.165, 1.54) is 16.9 Å². The lowest BCUT2D eigenvalue weighted by molar-refractivity contribution is 0.102. The molecule has 1 heterocycles. The van der Waals surface area contributed by atoms with Gasteiger partial charge in [0.25, 0.3) is 5.91 Å². The highest BCUT2D eigenvalue weighted by Crippen LogP contribution is 2.21. The number of halogens is 1. The third-order valence-electron chi connectivity index (χ3n) is 2.45. The van der Waals surface area contributed by atoms with Crippen LogP contribution in [0.15, 0.2) is 39.5 Å². The maximum atomic E-state index is 11.9. The molecule has 0 bridgehead atoms. The number of nitrogens with one attached hydrogen (secondary N) is 1. The Morgan fingerprint density at radius 2 is 2.06 bits per heavy atom. The highest BCUT2D eigenvalue weighted by atomic mass is 79.9. The molecule has 2 rings (SSSR count). The maximum absolute atomic E-state index is 11.9. The standard InChI is InChI=1S/C13H12BrNOS/c1-2-9-3-5-11(6-4-9)15-13(16)10-7-12(14)17-8-10/h3-8H,2H2,1H3,(H,15,16). The van der Waals surface area contributed by atoms with Gasteiger partial charge in [0.15, 0.2) is 0 Å². The third kappa shape index (κ3) is 3.17. The van der Waals surface area contributed by atoms with E-state index in [-0.39, 0.29) is 5.91 Å². The van der Waals surface area contributed by atoms with Crippen LogP contribution in [0, 0.1) is 0 Å². The predicted molar refractivity (Wildman–Crippen MR) is 75.8 cm³/mol. The second kappa shape index (κ2) is 5.47. The molecular weight excluding hydrogens is 298 g/mol. The average molecular weight is 310 g/mol. The van der Waals surface area contributed by atoms with E-state index < -0.39 is 0 Å². The van der Waals surface area contributed by atoms with Crippen LogP contribution in [0.3, 0.4) is 0 Å². The molecule has 0 aliphatic heterocycles. The van der Waals surface area contributed by atoms with Crippen molar-refractivity contribution < 1.29 is 4.79 Å². The van der Waals surface area contributed by atoms with Crippen LogP contribution in [-0.2, 0) is 6.42 Å². The summed E-state index contributed by atoms with van der Waals surface area (Å²) in [7, 11) is 0. The molecule has 0 unspecified atom stereocenters. The number of carbonyl (C=O) groups is 1. The molecule has 0 saturated carbocycles. The van der Waals surface area contributed by atoms with Gasteiger partial charge >= 0.3 is 0 Å². The number of hydrogen-bond acceptors (Lipinski definition) is 2. The lowest BCUT2D eigenvalue weighted by Gasteiger charge is -2.04. The minimum absolute atomic E-state index is 0.0730. The molecule has 1 aromatic heterocycles. The van der Waals surface area contributed by atoms with Crippen LogP contribution in [0.4, 0.5) is 5.69 Å². The summed E-state index contributed by atoms with van der Waals surface area (Å²) >= 11 is 4.85. The summed E-state index contributed by atoms with van der Waals surface area (Å²) in [6, 6.07) is 9.73. The summed E-state index contributed by atoms with van der Waals surface area (Å²) < 4.78 is 0.962. The minimum atomic E-state index is -0.0730. The van der Waals surface area contributed by atoms with E-state index in [0.717, 1.165) is 15.9 Å². The zero-order valence-corrected chi connectivity index (χ0v) is 11.8. The quantitative estimate of drug-likeness (QED) is 0.898. The number of thiophene rings is 1. The Morgan fingerprint density at radius 1 is 1.35 bits per heavy atom. The third-order valence-corrected chi connectivity index (χ3v) is 3.95. The molecule has 0 atom stereocenters. The molecule has 1 aromatic carbocycles. The van der Waals surface area contributed by atoms with Crippen molar-refractivity contribution in [2.75, 3.05) is 5.32 Å². The molecule has 17 heavy (non-hydrogen) atoms. The van der Waals surface area contributed by atoms with Gasteiger partial charge in [-0.05, 0) is 46.1 Å². The van der Waals surface area contributed by atoms with Crippen molar-refractivity contribution in [1.29, 1.82) is 0 Å². The van der Waals surface area contributed by atoms with Gasteiger partial charge in [-0.1, -0.05) is 19.1 Å². The zero-order chi connectivity index (χ0) is 12.3. The number of hydrogen-bond donors (Lipinski definition) is 1. The first-order valence-electron chi connectivity index (χ1n) is 5.33. The smallest absolute Gasteiger partial charge is 0.256 e. The van der Waals surface area contributed by atoms with E-state index in [4.69, 9.17) is 0 Å². The van der Waals surface area contributed by atoms with E-state index in [2.05, 4.69) is 28.2 Å². The van der Waals surface area contributed by atoms with Gasteiger partial charge in [0.2, 0.25) is 0 Å². The van der Waals surface area contributed by atoms with Gasteiger partial charge in [-0.15, -0.1) is 11.3 Å². The van der Waals surface area contributed by atoms with Crippen LogP contribution in [-0.4, -0.2) is 5.91 Å². The molecule has 1 amide bonds. The molecule has 0 fully saturated rings. The summed E-state index contributed by atoms with van der Waals surface area (Å²) in [5.41, 5.74) is 2.78. The fourth-order valence-corrected chi connectivity index (χ4v) is 2.59. The van der Waals surface area contributed by atoms with Crippen molar-refractivity contribution in [2.24, 2.45) is 0 Å².